The summed E-state index contributed by atoms with van der Waals surface area (Å²) >= 11 is 0. The SMILES string of the molecule is Cc1ccc(NS(=O)(=O)c2cccc(C(=O)N3CCN(CCOc4ccccc4)CC3)c2)c(C)c1. The fourth-order valence-electron chi connectivity index (χ4n) is 4.09. The molecule has 184 valence electrons. The topological polar surface area (TPSA) is 79.0 Å². The molecule has 4 rings (SSSR count). The molecule has 0 spiro atoms. The molecule has 0 saturated carbocycles. The van der Waals surface area contributed by atoms with E-state index in [2.05, 4.69) is 9.62 Å². The Morgan fingerprint density at radius 3 is 2.37 bits per heavy atom. The predicted octanol–water partition coefficient (Wildman–Crippen LogP) is 3.94. The molecular weight excluding hydrogens is 462 g/mol. The maximum absolute atomic E-state index is 13.1. The Bertz CT molecular complexity index is 1270. The van der Waals surface area contributed by atoms with Crippen molar-refractivity contribution < 1.29 is 17.9 Å². The maximum Gasteiger partial charge on any atom is 0.261 e. The van der Waals surface area contributed by atoms with Crippen molar-refractivity contribution in [2.75, 3.05) is 44.1 Å². The van der Waals surface area contributed by atoms with Gasteiger partial charge in [-0.1, -0.05) is 42.0 Å². The number of benzene rings is 3. The number of hydrogen-bond acceptors (Lipinski definition) is 5. The minimum atomic E-state index is -3.82. The van der Waals surface area contributed by atoms with Crippen molar-refractivity contribution in [3.8, 4) is 5.75 Å². The highest BCUT2D eigenvalue weighted by molar-refractivity contribution is 7.92. The summed E-state index contributed by atoms with van der Waals surface area (Å²) in [6.45, 7) is 7.85. The molecule has 3 aromatic carbocycles. The average molecular weight is 494 g/mol. The molecule has 0 radical (unpaired) electrons. The fourth-order valence-corrected chi connectivity index (χ4v) is 5.27. The molecule has 0 bridgehead atoms. The summed E-state index contributed by atoms with van der Waals surface area (Å²) in [6, 6.07) is 21.5. The smallest absolute Gasteiger partial charge is 0.261 e. The van der Waals surface area contributed by atoms with Gasteiger partial charge in [0.15, 0.2) is 0 Å². The first-order chi connectivity index (χ1) is 16.8. The lowest BCUT2D eigenvalue weighted by atomic mass is 10.1. The van der Waals surface area contributed by atoms with Crippen LogP contribution in [0.5, 0.6) is 5.75 Å². The Kier molecular flexibility index (Phi) is 7.73. The molecule has 0 aliphatic carbocycles. The Balaban J connectivity index is 1.34. The van der Waals surface area contributed by atoms with Crippen molar-refractivity contribution >= 4 is 21.6 Å². The zero-order valence-electron chi connectivity index (χ0n) is 20.1. The summed E-state index contributed by atoms with van der Waals surface area (Å²) in [7, 11) is -3.82. The highest BCUT2D eigenvalue weighted by Crippen LogP contribution is 2.22. The van der Waals surface area contributed by atoms with Crippen molar-refractivity contribution in [3.05, 3.63) is 89.5 Å². The van der Waals surface area contributed by atoms with E-state index in [0.29, 0.717) is 30.9 Å². The lowest BCUT2D eigenvalue weighted by Crippen LogP contribution is -2.49. The molecule has 0 aromatic heterocycles. The van der Waals surface area contributed by atoms with Gasteiger partial charge in [0.25, 0.3) is 15.9 Å². The number of para-hydroxylation sites is 1. The standard InChI is InChI=1S/C27H31N3O4S/c1-21-11-12-26(22(2)19-21)28-35(32,33)25-10-6-7-23(20-25)27(31)30-15-13-29(14-16-30)17-18-34-24-8-4-3-5-9-24/h3-12,19-20,28H,13-18H2,1-2H3. The van der Waals surface area contributed by atoms with Crippen LogP contribution < -0.4 is 9.46 Å². The summed E-state index contributed by atoms with van der Waals surface area (Å²) in [5.41, 5.74) is 2.80. The zero-order valence-corrected chi connectivity index (χ0v) is 20.9. The monoisotopic (exact) mass is 493 g/mol. The number of amides is 1. The molecule has 1 saturated heterocycles. The van der Waals surface area contributed by atoms with Gasteiger partial charge in [0, 0.05) is 38.3 Å². The fraction of sp³-hybridized carbons (Fsp3) is 0.296. The summed E-state index contributed by atoms with van der Waals surface area (Å²) in [5.74, 6) is 0.692. The number of nitrogens with zero attached hydrogens (tertiary/aromatic N) is 2. The second-order valence-electron chi connectivity index (χ2n) is 8.75. The van der Waals surface area contributed by atoms with Gasteiger partial charge in [0.2, 0.25) is 0 Å². The third kappa shape index (κ3) is 6.41. The zero-order chi connectivity index (χ0) is 24.8. The molecule has 1 N–H and O–H groups in total. The molecule has 1 aliphatic rings. The predicted molar refractivity (Wildman–Crippen MR) is 137 cm³/mol. The van der Waals surface area contributed by atoms with Crippen LogP contribution in [0.1, 0.15) is 21.5 Å². The van der Waals surface area contributed by atoms with Crippen LogP contribution in [0.4, 0.5) is 5.69 Å². The van der Waals surface area contributed by atoms with Gasteiger partial charge in [-0.15, -0.1) is 0 Å². The molecule has 0 atom stereocenters. The van der Waals surface area contributed by atoms with Gasteiger partial charge in [-0.25, -0.2) is 8.42 Å². The van der Waals surface area contributed by atoms with Crippen LogP contribution in [-0.2, 0) is 10.0 Å². The lowest BCUT2D eigenvalue weighted by molar-refractivity contribution is 0.0620. The van der Waals surface area contributed by atoms with Crippen LogP contribution in [0.2, 0.25) is 0 Å². The highest BCUT2D eigenvalue weighted by atomic mass is 32.2. The Morgan fingerprint density at radius 2 is 1.66 bits per heavy atom. The first-order valence-corrected chi connectivity index (χ1v) is 13.2. The second-order valence-corrected chi connectivity index (χ2v) is 10.4. The number of rotatable bonds is 8. The minimum Gasteiger partial charge on any atom is -0.492 e. The minimum absolute atomic E-state index is 0.0695. The van der Waals surface area contributed by atoms with Crippen molar-refractivity contribution in [2.24, 2.45) is 0 Å². The van der Waals surface area contributed by atoms with Crippen molar-refractivity contribution in [1.29, 1.82) is 0 Å². The number of carbonyl (C=O) groups excluding carboxylic acids is 1. The second kappa shape index (κ2) is 10.9. The Labute approximate surface area is 207 Å². The van der Waals surface area contributed by atoms with Gasteiger partial charge in [0.1, 0.15) is 12.4 Å². The van der Waals surface area contributed by atoms with E-state index < -0.39 is 10.0 Å². The molecule has 0 unspecified atom stereocenters. The normalized spacial score (nSPS) is 14.5. The largest absolute Gasteiger partial charge is 0.492 e. The van der Waals surface area contributed by atoms with E-state index in [9.17, 15) is 13.2 Å². The van der Waals surface area contributed by atoms with E-state index in [4.69, 9.17) is 4.74 Å². The van der Waals surface area contributed by atoms with Crippen molar-refractivity contribution in [3.63, 3.8) is 0 Å². The molecule has 1 aliphatic heterocycles. The first kappa shape index (κ1) is 24.8. The van der Waals surface area contributed by atoms with Gasteiger partial charge in [-0.2, -0.15) is 0 Å². The van der Waals surface area contributed by atoms with Gasteiger partial charge < -0.3 is 9.64 Å². The molecule has 3 aromatic rings. The summed E-state index contributed by atoms with van der Waals surface area (Å²) < 4.78 is 34.4. The molecule has 35 heavy (non-hydrogen) atoms. The number of sulfonamides is 1. The Hall–Kier alpha value is -3.36. The van der Waals surface area contributed by atoms with E-state index in [-0.39, 0.29) is 10.8 Å². The first-order valence-electron chi connectivity index (χ1n) is 11.7. The molecule has 8 heteroatoms. The third-order valence-electron chi connectivity index (χ3n) is 6.10. The van der Waals surface area contributed by atoms with Crippen LogP contribution in [-0.4, -0.2) is 63.5 Å². The lowest BCUT2D eigenvalue weighted by Gasteiger charge is -2.34. The van der Waals surface area contributed by atoms with E-state index in [1.54, 1.807) is 23.1 Å². The van der Waals surface area contributed by atoms with E-state index in [1.807, 2.05) is 56.3 Å². The summed E-state index contributed by atoms with van der Waals surface area (Å²) in [6.07, 6.45) is 0. The van der Waals surface area contributed by atoms with Gasteiger partial charge >= 0.3 is 0 Å². The van der Waals surface area contributed by atoms with Crippen LogP contribution in [0, 0.1) is 13.8 Å². The number of hydrogen-bond donors (Lipinski definition) is 1. The quantitative estimate of drug-likeness (QED) is 0.514. The summed E-state index contributed by atoms with van der Waals surface area (Å²) in [5, 5.41) is 0. The van der Waals surface area contributed by atoms with E-state index >= 15 is 0 Å². The van der Waals surface area contributed by atoms with Crippen LogP contribution in [0.25, 0.3) is 0 Å². The van der Waals surface area contributed by atoms with E-state index in [1.165, 1.54) is 12.1 Å². The number of anilines is 1. The van der Waals surface area contributed by atoms with Gasteiger partial charge in [-0.3, -0.25) is 14.4 Å². The van der Waals surface area contributed by atoms with Gasteiger partial charge in [0.05, 0.1) is 10.6 Å². The molecule has 1 heterocycles. The summed E-state index contributed by atoms with van der Waals surface area (Å²) in [4.78, 5) is 17.2. The van der Waals surface area contributed by atoms with Crippen LogP contribution in [0.3, 0.4) is 0 Å². The van der Waals surface area contributed by atoms with Crippen LogP contribution in [0.15, 0.2) is 77.7 Å². The highest BCUT2D eigenvalue weighted by Gasteiger charge is 2.24. The maximum atomic E-state index is 13.1. The van der Waals surface area contributed by atoms with Crippen LogP contribution >= 0.6 is 0 Å². The molecule has 7 nitrogen and oxygen atoms in total. The third-order valence-corrected chi connectivity index (χ3v) is 7.46. The average Bonchev–Trinajstić information content (AvgIpc) is 2.86. The number of piperazine rings is 1. The van der Waals surface area contributed by atoms with Crippen molar-refractivity contribution in [1.82, 2.24) is 9.80 Å². The van der Waals surface area contributed by atoms with E-state index in [0.717, 1.165) is 36.5 Å². The molecule has 1 amide bonds. The number of ether oxygens (including phenoxy) is 1. The number of carbonyl (C=O) groups is 1. The Morgan fingerprint density at radius 1 is 0.914 bits per heavy atom. The number of aryl methyl sites for hydroxylation is 2. The van der Waals surface area contributed by atoms with Gasteiger partial charge in [-0.05, 0) is 55.8 Å². The molecular formula is C27H31N3O4S. The number of nitrogens with one attached hydrogen (secondary N) is 1. The van der Waals surface area contributed by atoms with Crippen molar-refractivity contribution in [2.45, 2.75) is 18.7 Å². The molecule has 1 fully saturated rings.